The maximum absolute atomic E-state index is 7.76. The summed E-state index contributed by atoms with van der Waals surface area (Å²) in [6.07, 6.45) is 9.90. The Morgan fingerprint density at radius 1 is 0.576 bits per heavy atom. The van der Waals surface area contributed by atoms with E-state index in [1.807, 2.05) is 54.9 Å². The summed E-state index contributed by atoms with van der Waals surface area (Å²) in [6.45, 7) is 8.88. The zero-order valence-electron chi connectivity index (χ0n) is 38.6. The number of rotatable bonds is 14. The summed E-state index contributed by atoms with van der Waals surface area (Å²) < 4.78 is 27.2. The predicted molar refractivity (Wildman–Crippen MR) is 260 cm³/mol. The normalized spacial score (nSPS) is 25.4. The summed E-state index contributed by atoms with van der Waals surface area (Å²) in [7, 11) is 3.44. The van der Waals surface area contributed by atoms with Gasteiger partial charge in [0.15, 0.2) is 5.82 Å². The number of aromatic nitrogens is 4. The largest absolute Gasteiger partial charge is 0.497 e. The molecule has 0 aliphatic carbocycles. The number of nitrogens with zero attached hydrogens (tertiary/aromatic N) is 6. The number of hydrogen-bond acceptors (Lipinski definition) is 10. The van der Waals surface area contributed by atoms with E-state index in [0.717, 1.165) is 100 Å². The smallest absolute Gasteiger partial charge is 0.229 e. The quantitative estimate of drug-likeness (QED) is 0.105. The number of benzene rings is 4. The maximum Gasteiger partial charge on any atom is 0.229 e. The first kappa shape index (κ1) is 42.5. The van der Waals surface area contributed by atoms with E-state index < -0.39 is 12.2 Å². The second kappa shape index (κ2) is 18.3. The van der Waals surface area contributed by atoms with Crippen molar-refractivity contribution in [2.24, 2.45) is 23.7 Å². The molecule has 6 saturated heterocycles. The zero-order chi connectivity index (χ0) is 44.7. The van der Waals surface area contributed by atoms with Crippen molar-refractivity contribution in [3.05, 3.63) is 133 Å². The second-order valence-corrected chi connectivity index (χ2v) is 18.9. The fraction of sp³-hybridized carbons (Fsp3) is 0.393. The van der Waals surface area contributed by atoms with E-state index in [9.17, 15) is 0 Å². The summed E-state index contributed by atoms with van der Waals surface area (Å²) in [5.74, 6) is 5.70. The first-order valence-electron chi connectivity index (χ1n) is 24.2. The van der Waals surface area contributed by atoms with Crippen LogP contribution in [0.5, 0.6) is 23.3 Å². The Morgan fingerprint density at radius 3 is 1.47 bits per heavy atom. The minimum Gasteiger partial charge on any atom is -0.497 e. The van der Waals surface area contributed by atoms with Gasteiger partial charge in [-0.1, -0.05) is 87.4 Å². The number of piperidine rings is 6. The molecule has 6 fully saturated rings. The molecule has 9 heterocycles. The van der Waals surface area contributed by atoms with Gasteiger partial charge in [0.05, 0.1) is 37.3 Å². The number of hydrogen-bond donors (Lipinski definition) is 0. The SMILES string of the molecule is CCC1CN2CCC1C[C@@H]2[C@@H](Oc1nc(-c2ccccc2)nc(O[C@@H](c2ccnc3ccc(OC)cc23)[C@H]2CC3CCN2CC3CC)c1-c1ccccc1)c1ccnc2ccc(OC)cc12. The predicted octanol–water partition coefficient (Wildman–Crippen LogP) is 11.4. The van der Waals surface area contributed by atoms with Gasteiger partial charge < -0.3 is 18.9 Å². The van der Waals surface area contributed by atoms with Crippen LogP contribution >= 0.6 is 0 Å². The molecule has 10 heteroatoms. The van der Waals surface area contributed by atoms with Crippen molar-refractivity contribution in [3.63, 3.8) is 0 Å². The van der Waals surface area contributed by atoms with Crippen molar-refractivity contribution < 1.29 is 18.9 Å². The summed E-state index contributed by atoms with van der Waals surface area (Å²) in [5.41, 5.74) is 6.48. The molecule has 13 rings (SSSR count). The minimum atomic E-state index is -0.393. The van der Waals surface area contributed by atoms with Gasteiger partial charge in [-0.3, -0.25) is 19.8 Å². The molecule has 0 radical (unpaired) electrons. The van der Waals surface area contributed by atoms with E-state index in [-0.39, 0.29) is 12.1 Å². The number of methoxy groups -OCH3 is 2. The van der Waals surface area contributed by atoms with E-state index in [1.54, 1.807) is 14.2 Å². The van der Waals surface area contributed by atoms with E-state index in [4.69, 9.17) is 38.9 Å². The summed E-state index contributed by atoms with van der Waals surface area (Å²) in [4.78, 5) is 26.0. The molecule has 7 aromatic rings. The van der Waals surface area contributed by atoms with Crippen LogP contribution in [-0.4, -0.2) is 82.2 Å². The Balaban J connectivity index is 1.13. The van der Waals surface area contributed by atoms with Gasteiger partial charge >= 0.3 is 0 Å². The van der Waals surface area contributed by atoms with Crippen LogP contribution in [0.1, 0.15) is 75.7 Å². The molecule has 338 valence electrons. The molecular formula is C56H60N6O4. The molecule has 4 bridgehead atoms. The molecule has 0 amide bonds. The van der Waals surface area contributed by atoms with E-state index in [2.05, 4.69) is 90.4 Å². The highest BCUT2D eigenvalue weighted by molar-refractivity contribution is 5.85. The van der Waals surface area contributed by atoms with Gasteiger partial charge in [-0.25, -0.2) is 0 Å². The van der Waals surface area contributed by atoms with Crippen LogP contribution in [0.15, 0.2) is 122 Å². The fourth-order valence-corrected chi connectivity index (χ4v) is 12.1. The highest BCUT2D eigenvalue weighted by atomic mass is 16.5. The topological polar surface area (TPSA) is 95.0 Å². The van der Waals surface area contributed by atoms with Crippen molar-refractivity contribution in [1.29, 1.82) is 0 Å². The van der Waals surface area contributed by atoms with Gasteiger partial charge in [-0.2, -0.15) is 9.97 Å². The Bertz CT molecular complexity index is 2680. The van der Waals surface area contributed by atoms with Gasteiger partial charge in [-0.15, -0.1) is 0 Å². The number of ether oxygens (including phenoxy) is 4. The third-order valence-corrected chi connectivity index (χ3v) is 15.6. The molecule has 0 N–H and O–H groups in total. The zero-order valence-corrected chi connectivity index (χ0v) is 38.6. The minimum absolute atomic E-state index is 0.106. The molecule has 4 aromatic carbocycles. The number of pyridine rings is 2. The highest BCUT2D eigenvalue weighted by Gasteiger charge is 2.47. The monoisotopic (exact) mass is 880 g/mol. The molecule has 0 saturated carbocycles. The van der Waals surface area contributed by atoms with Crippen LogP contribution in [0.2, 0.25) is 0 Å². The van der Waals surface area contributed by atoms with Gasteiger partial charge in [0.2, 0.25) is 11.8 Å². The molecule has 6 aliphatic heterocycles. The maximum atomic E-state index is 7.76. The van der Waals surface area contributed by atoms with E-state index >= 15 is 0 Å². The van der Waals surface area contributed by atoms with E-state index in [1.165, 1.54) is 25.7 Å². The van der Waals surface area contributed by atoms with Gasteiger partial charge in [0, 0.05) is 52.9 Å². The first-order valence-corrected chi connectivity index (χ1v) is 24.2. The Hall–Kier alpha value is -6.10. The molecule has 10 nitrogen and oxygen atoms in total. The first-order chi connectivity index (χ1) is 32.5. The standard InChI is InChI=1S/C56H60N6O4/c1-5-35-33-61-27-23-39(35)29-49(61)52(43-21-25-57-47-19-17-41(63-3)31-45(43)47)65-55-51(37-13-9-7-10-14-37)56(60-54(59-55)38-15-11-8-12-16-38)66-53(50-30-40-24-28-62(50)34-36(40)6-2)44-22-26-58-48-20-18-42(64-4)32-46(44)48/h7-22,25-26,31-32,35-36,39-40,49-50,52-53H,5-6,23-24,27-30,33-34H2,1-4H3/t35?,36?,39?,40?,49-,50-,52+,53+/m1/s1. The van der Waals surface area contributed by atoms with Crippen LogP contribution < -0.4 is 18.9 Å². The van der Waals surface area contributed by atoms with Crippen molar-refractivity contribution in [1.82, 2.24) is 29.7 Å². The van der Waals surface area contributed by atoms with Crippen molar-refractivity contribution in [3.8, 4) is 45.8 Å². The molecule has 3 aromatic heterocycles. The second-order valence-electron chi connectivity index (χ2n) is 18.9. The third kappa shape index (κ3) is 7.91. The molecule has 0 spiro atoms. The fourth-order valence-electron chi connectivity index (χ4n) is 12.1. The van der Waals surface area contributed by atoms with Gasteiger partial charge in [0.1, 0.15) is 29.3 Å². The van der Waals surface area contributed by atoms with Crippen LogP contribution in [0.3, 0.4) is 0 Å². The Kier molecular flexibility index (Phi) is 11.8. The van der Waals surface area contributed by atoms with Crippen molar-refractivity contribution >= 4 is 21.8 Å². The molecule has 10 atom stereocenters. The van der Waals surface area contributed by atoms with Gasteiger partial charge in [0.25, 0.3) is 0 Å². The summed E-state index contributed by atoms with van der Waals surface area (Å²) >= 11 is 0. The van der Waals surface area contributed by atoms with Crippen LogP contribution in [-0.2, 0) is 0 Å². The summed E-state index contributed by atoms with van der Waals surface area (Å²) in [5, 5.41) is 2.02. The lowest BCUT2D eigenvalue weighted by molar-refractivity contribution is -0.0510. The van der Waals surface area contributed by atoms with Crippen molar-refractivity contribution in [2.45, 2.75) is 76.7 Å². The Labute approximate surface area is 388 Å². The van der Waals surface area contributed by atoms with Crippen LogP contribution in [0, 0.1) is 23.7 Å². The lowest BCUT2D eigenvalue weighted by atomic mass is 9.72. The van der Waals surface area contributed by atoms with Crippen LogP contribution in [0.4, 0.5) is 0 Å². The molecule has 6 unspecified atom stereocenters. The molecule has 6 aliphatic rings. The summed E-state index contributed by atoms with van der Waals surface area (Å²) in [6, 6.07) is 37.4. The van der Waals surface area contributed by atoms with E-state index in [0.29, 0.717) is 41.3 Å². The third-order valence-electron chi connectivity index (χ3n) is 15.6. The lowest BCUT2D eigenvalue weighted by Crippen LogP contribution is -2.56. The highest BCUT2D eigenvalue weighted by Crippen LogP contribution is 2.50. The lowest BCUT2D eigenvalue weighted by Gasteiger charge is -2.52. The molecular weight excluding hydrogens is 821 g/mol. The number of fused-ring (bicyclic) bond motifs is 8. The average Bonchev–Trinajstić information content (AvgIpc) is 3.39. The average molecular weight is 881 g/mol. The Morgan fingerprint density at radius 2 is 1.05 bits per heavy atom. The van der Waals surface area contributed by atoms with Gasteiger partial charge in [-0.05, 0) is 117 Å². The van der Waals surface area contributed by atoms with Crippen molar-refractivity contribution in [2.75, 3.05) is 40.4 Å². The van der Waals surface area contributed by atoms with Crippen LogP contribution in [0.25, 0.3) is 44.3 Å². The molecule has 66 heavy (non-hydrogen) atoms.